The molecule has 0 spiro atoms. The third-order valence-electron chi connectivity index (χ3n) is 7.96. The van der Waals surface area contributed by atoms with Gasteiger partial charge in [-0.15, -0.1) is 0 Å². The van der Waals surface area contributed by atoms with E-state index in [0.29, 0.717) is 5.75 Å². The Bertz CT molecular complexity index is 1410. The van der Waals surface area contributed by atoms with Crippen LogP contribution in [0.1, 0.15) is 45.2 Å². The molecular weight excluding hydrogens is 530 g/mol. The van der Waals surface area contributed by atoms with E-state index in [4.69, 9.17) is 4.74 Å². The van der Waals surface area contributed by atoms with Gasteiger partial charge in [-0.3, -0.25) is 19.3 Å². The van der Waals surface area contributed by atoms with Crippen LogP contribution in [-0.4, -0.2) is 65.9 Å². The molecule has 1 aromatic heterocycles. The number of benzene rings is 2. The highest BCUT2D eigenvalue weighted by Gasteiger charge is 2.38. The van der Waals surface area contributed by atoms with E-state index in [2.05, 4.69) is 20.9 Å². The molecule has 4 N–H and O–H groups in total. The molecular formula is C33H43N5O4. The molecule has 0 aliphatic carbocycles. The molecule has 3 heterocycles. The normalized spacial score (nSPS) is 21.8. The van der Waals surface area contributed by atoms with Gasteiger partial charge in [0.1, 0.15) is 23.9 Å². The SMILES string of the molecule is CC[C@@H](C)[C@@H](C(=O)N[C@@H]1C(=O)N[C@@H](Cc2c[nH]c3ccccc23)C(=O)N/C=C/c2ccc(cc2)O[C@@H]1C(C)C)N(C)C. The van der Waals surface area contributed by atoms with E-state index < -0.39 is 30.1 Å². The summed E-state index contributed by atoms with van der Waals surface area (Å²) < 4.78 is 6.39. The molecule has 0 saturated carbocycles. The molecule has 9 nitrogen and oxygen atoms in total. The second kappa shape index (κ2) is 13.7. The number of likely N-dealkylation sites (N-methyl/N-ethyl adjacent to an activating group) is 1. The lowest BCUT2D eigenvalue weighted by Crippen LogP contribution is -2.62. The van der Waals surface area contributed by atoms with Crippen LogP contribution in [0.2, 0.25) is 0 Å². The Labute approximate surface area is 248 Å². The van der Waals surface area contributed by atoms with Crippen molar-refractivity contribution in [2.24, 2.45) is 11.8 Å². The molecule has 3 aromatic rings. The number of hydrogen-bond acceptors (Lipinski definition) is 5. The number of para-hydroxylation sites is 1. The van der Waals surface area contributed by atoms with Crippen LogP contribution in [-0.2, 0) is 20.8 Å². The Balaban J connectivity index is 1.73. The van der Waals surface area contributed by atoms with E-state index >= 15 is 0 Å². The molecule has 0 fully saturated rings. The Kier molecular flexibility index (Phi) is 10.1. The number of nitrogens with one attached hydrogen (secondary N) is 4. The summed E-state index contributed by atoms with van der Waals surface area (Å²) in [5.41, 5.74) is 2.72. The third-order valence-corrected chi connectivity index (χ3v) is 7.96. The maximum Gasteiger partial charge on any atom is 0.247 e. The van der Waals surface area contributed by atoms with Crippen molar-refractivity contribution in [1.82, 2.24) is 25.8 Å². The Morgan fingerprint density at radius 3 is 2.40 bits per heavy atom. The van der Waals surface area contributed by atoms with Gasteiger partial charge in [-0.25, -0.2) is 0 Å². The highest BCUT2D eigenvalue weighted by molar-refractivity contribution is 5.94. The minimum Gasteiger partial charge on any atom is -0.487 e. The number of hydrogen-bond donors (Lipinski definition) is 4. The van der Waals surface area contributed by atoms with Gasteiger partial charge in [0.2, 0.25) is 17.7 Å². The van der Waals surface area contributed by atoms with E-state index in [1.165, 1.54) is 0 Å². The number of rotatable bonds is 8. The zero-order chi connectivity index (χ0) is 30.4. The molecule has 0 unspecified atom stereocenters. The number of amides is 3. The van der Waals surface area contributed by atoms with Gasteiger partial charge in [0, 0.05) is 29.7 Å². The summed E-state index contributed by atoms with van der Waals surface area (Å²) in [6.07, 6.45) is 5.57. The lowest BCUT2D eigenvalue weighted by atomic mass is 9.94. The van der Waals surface area contributed by atoms with E-state index in [1.807, 2.05) is 101 Å². The molecule has 3 amide bonds. The number of aromatic nitrogens is 1. The summed E-state index contributed by atoms with van der Waals surface area (Å²) in [7, 11) is 3.72. The highest BCUT2D eigenvalue weighted by atomic mass is 16.5. The minimum atomic E-state index is -1.06. The second-order valence-corrected chi connectivity index (χ2v) is 11.6. The topological polar surface area (TPSA) is 116 Å². The van der Waals surface area contributed by atoms with Crippen molar-refractivity contribution >= 4 is 34.7 Å². The predicted molar refractivity (Wildman–Crippen MR) is 166 cm³/mol. The summed E-state index contributed by atoms with van der Waals surface area (Å²) in [5, 5.41) is 9.79. The Morgan fingerprint density at radius 1 is 1.02 bits per heavy atom. The zero-order valence-electron chi connectivity index (χ0n) is 25.3. The van der Waals surface area contributed by atoms with Crippen LogP contribution in [0.5, 0.6) is 5.75 Å². The summed E-state index contributed by atoms with van der Waals surface area (Å²) in [6, 6.07) is 12.8. The minimum absolute atomic E-state index is 0.0553. The fraction of sp³-hybridized carbons (Fsp3) is 0.424. The first kappa shape index (κ1) is 30.8. The molecule has 5 rings (SSSR count). The van der Waals surface area contributed by atoms with Gasteiger partial charge in [0.25, 0.3) is 0 Å². The molecule has 9 heteroatoms. The molecule has 5 atom stereocenters. The number of carbonyl (C=O) groups is 3. The van der Waals surface area contributed by atoms with Gasteiger partial charge in [-0.1, -0.05) is 64.4 Å². The van der Waals surface area contributed by atoms with Crippen molar-refractivity contribution in [3.8, 4) is 5.75 Å². The van der Waals surface area contributed by atoms with Crippen LogP contribution in [0.3, 0.4) is 0 Å². The predicted octanol–water partition coefficient (Wildman–Crippen LogP) is 3.86. The van der Waals surface area contributed by atoms with Gasteiger partial charge in [-0.05, 0) is 61.3 Å². The smallest absolute Gasteiger partial charge is 0.247 e. The van der Waals surface area contributed by atoms with Gasteiger partial charge < -0.3 is 25.7 Å². The number of fused-ring (bicyclic) bond motifs is 11. The fourth-order valence-corrected chi connectivity index (χ4v) is 5.48. The average molecular weight is 574 g/mol. The Morgan fingerprint density at radius 2 is 1.74 bits per heavy atom. The van der Waals surface area contributed by atoms with E-state index in [1.54, 1.807) is 12.3 Å². The van der Waals surface area contributed by atoms with Gasteiger partial charge in [-0.2, -0.15) is 0 Å². The molecule has 2 aliphatic rings. The first-order valence-electron chi connectivity index (χ1n) is 14.6. The van der Waals surface area contributed by atoms with Gasteiger partial charge in [0.15, 0.2) is 0 Å². The number of ether oxygens (including phenoxy) is 1. The standard InChI is InChI=1S/C33H43N5O4/c1-7-21(4)29(38(5)6)33(41)37-28-30(20(2)3)42-24-14-12-22(13-15-24)16-17-34-31(39)27(36-32(28)40)18-23-19-35-26-11-9-8-10-25(23)26/h8-17,19-21,27-30,35H,7,18H2,1-6H3,(H,34,39)(H,36,40)(H,37,41)/b17-16+/t21-,27+,28+,29+,30-/m1/s1. The monoisotopic (exact) mass is 573 g/mol. The van der Waals surface area contributed by atoms with Crippen LogP contribution >= 0.6 is 0 Å². The first-order valence-corrected chi connectivity index (χ1v) is 14.6. The van der Waals surface area contributed by atoms with Crippen LogP contribution in [0.25, 0.3) is 17.0 Å². The number of H-pyrrole nitrogens is 1. The molecule has 0 saturated heterocycles. The van der Waals surface area contributed by atoms with Crippen molar-refractivity contribution in [1.29, 1.82) is 0 Å². The second-order valence-electron chi connectivity index (χ2n) is 11.6. The summed E-state index contributed by atoms with van der Waals surface area (Å²) in [6.45, 7) is 7.96. The highest BCUT2D eigenvalue weighted by Crippen LogP contribution is 2.23. The Hall–Kier alpha value is -4.11. The van der Waals surface area contributed by atoms with Crippen LogP contribution in [0, 0.1) is 11.8 Å². The van der Waals surface area contributed by atoms with Crippen molar-refractivity contribution < 1.29 is 19.1 Å². The zero-order valence-corrected chi connectivity index (χ0v) is 25.3. The third kappa shape index (κ3) is 7.20. The van der Waals surface area contributed by atoms with E-state index in [-0.39, 0.29) is 30.1 Å². The largest absolute Gasteiger partial charge is 0.487 e. The summed E-state index contributed by atoms with van der Waals surface area (Å²) in [5.74, 6) is -0.616. The maximum atomic E-state index is 14.1. The lowest BCUT2D eigenvalue weighted by Gasteiger charge is -2.35. The van der Waals surface area contributed by atoms with Crippen molar-refractivity contribution in [3.63, 3.8) is 0 Å². The van der Waals surface area contributed by atoms with Crippen molar-refractivity contribution in [3.05, 3.63) is 72.1 Å². The number of aromatic amines is 1. The summed E-state index contributed by atoms with van der Waals surface area (Å²) >= 11 is 0. The van der Waals surface area contributed by atoms with Crippen molar-refractivity contribution in [2.45, 2.75) is 64.8 Å². The van der Waals surface area contributed by atoms with Crippen LogP contribution in [0.15, 0.2) is 60.9 Å². The lowest BCUT2D eigenvalue weighted by molar-refractivity contribution is -0.136. The van der Waals surface area contributed by atoms with Gasteiger partial charge >= 0.3 is 0 Å². The average Bonchev–Trinajstić information content (AvgIpc) is 3.37. The van der Waals surface area contributed by atoms with E-state index in [9.17, 15) is 14.4 Å². The van der Waals surface area contributed by atoms with Crippen molar-refractivity contribution in [2.75, 3.05) is 14.1 Å². The van der Waals surface area contributed by atoms with E-state index in [0.717, 1.165) is 28.5 Å². The molecule has 42 heavy (non-hydrogen) atoms. The molecule has 2 aliphatic heterocycles. The molecule has 2 aromatic carbocycles. The summed E-state index contributed by atoms with van der Waals surface area (Å²) in [4.78, 5) is 46.5. The molecule has 0 radical (unpaired) electrons. The number of nitrogens with zero attached hydrogens (tertiary/aromatic N) is 1. The quantitative estimate of drug-likeness (QED) is 0.327. The van der Waals surface area contributed by atoms with Crippen LogP contribution < -0.4 is 20.7 Å². The molecule has 224 valence electrons. The van der Waals surface area contributed by atoms with Gasteiger partial charge in [0.05, 0.1) is 6.04 Å². The molecule has 2 bridgehead atoms. The number of carbonyl (C=O) groups excluding carboxylic acids is 3. The maximum absolute atomic E-state index is 14.1. The van der Waals surface area contributed by atoms with Crippen LogP contribution in [0.4, 0.5) is 0 Å². The first-order chi connectivity index (χ1) is 20.1. The fourth-order valence-electron chi connectivity index (χ4n) is 5.48.